The fourth-order valence-electron chi connectivity index (χ4n) is 2.57. The third-order valence-corrected chi connectivity index (χ3v) is 7.33. The Labute approximate surface area is 166 Å². The lowest BCUT2D eigenvalue weighted by Gasteiger charge is -2.15. The van der Waals surface area contributed by atoms with E-state index in [1.54, 1.807) is 54.8 Å². The van der Waals surface area contributed by atoms with Crippen molar-refractivity contribution in [2.24, 2.45) is 0 Å². The zero-order valence-electron chi connectivity index (χ0n) is 14.5. The van der Waals surface area contributed by atoms with E-state index in [1.807, 2.05) is 0 Å². The summed E-state index contributed by atoms with van der Waals surface area (Å²) in [6.45, 7) is 1.69. The summed E-state index contributed by atoms with van der Waals surface area (Å²) in [6.07, 6.45) is -1.07. The monoisotopic (exact) mass is 424 g/mol. The molecule has 142 valence electrons. The van der Waals surface area contributed by atoms with E-state index in [0.717, 1.165) is 11.3 Å². The molecule has 1 aromatic heterocycles. The van der Waals surface area contributed by atoms with Gasteiger partial charge in [-0.3, -0.25) is 0 Å². The Morgan fingerprint density at radius 2 is 1.85 bits per heavy atom. The fraction of sp³-hybridized carbons (Fsp3) is 0.167. The Bertz CT molecular complexity index is 1050. The van der Waals surface area contributed by atoms with Crippen LogP contribution in [0.1, 0.15) is 22.9 Å². The molecule has 0 aliphatic rings. The molecule has 0 bridgehead atoms. The molecule has 0 aliphatic carbocycles. The van der Waals surface area contributed by atoms with Crippen LogP contribution in [-0.2, 0) is 10.0 Å². The van der Waals surface area contributed by atoms with Gasteiger partial charge in [0, 0.05) is 22.7 Å². The molecule has 6 nitrogen and oxygen atoms in total. The van der Waals surface area contributed by atoms with Crippen LogP contribution in [0, 0.1) is 6.92 Å². The smallest absolute Gasteiger partial charge is 0.280 e. The molecule has 0 saturated carbocycles. The summed E-state index contributed by atoms with van der Waals surface area (Å²) in [6, 6.07) is 13.5. The van der Waals surface area contributed by atoms with E-state index >= 15 is 0 Å². The lowest BCUT2D eigenvalue weighted by atomic mass is 10.1. The Hall–Kier alpha value is -2.13. The van der Waals surface area contributed by atoms with Crippen LogP contribution >= 0.6 is 23.1 Å². The van der Waals surface area contributed by atoms with Gasteiger partial charge in [0.15, 0.2) is 0 Å². The highest BCUT2D eigenvalue weighted by Gasteiger charge is 2.28. The van der Waals surface area contributed by atoms with Crippen LogP contribution in [0.2, 0.25) is 0 Å². The van der Waals surface area contributed by atoms with Crippen LogP contribution in [0.25, 0.3) is 0 Å². The molecule has 1 N–H and O–H groups in total. The van der Waals surface area contributed by atoms with Crippen molar-refractivity contribution in [2.75, 3.05) is 10.9 Å². The SMILES string of the molecule is COc1ccccc1C(O)c1csc(N(Cl)S(=O)(=O)c2ccccc2C)n1. The van der Waals surface area contributed by atoms with Crippen molar-refractivity contribution in [3.63, 3.8) is 0 Å². The number of halogens is 1. The molecule has 1 heterocycles. The number of methoxy groups -OCH3 is 1. The van der Waals surface area contributed by atoms with Crippen LogP contribution in [0.5, 0.6) is 5.75 Å². The number of thiazole rings is 1. The van der Waals surface area contributed by atoms with Gasteiger partial charge in [0.05, 0.1) is 17.7 Å². The molecule has 3 aromatic rings. The number of aliphatic hydroxyl groups is 1. The average Bonchev–Trinajstić information content (AvgIpc) is 3.17. The number of aliphatic hydroxyl groups excluding tert-OH is 1. The summed E-state index contributed by atoms with van der Waals surface area (Å²) in [4.78, 5) is 4.31. The number of para-hydroxylation sites is 1. The van der Waals surface area contributed by atoms with Gasteiger partial charge in [-0.05, 0) is 24.6 Å². The van der Waals surface area contributed by atoms with E-state index in [-0.39, 0.29) is 15.7 Å². The van der Waals surface area contributed by atoms with Gasteiger partial charge in [-0.15, -0.1) is 15.2 Å². The topological polar surface area (TPSA) is 79.7 Å². The largest absolute Gasteiger partial charge is 0.496 e. The zero-order valence-corrected chi connectivity index (χ0v) is 16.9. The van der Waals surface area contributed by atoms with Gasteiger partial charge in [-0.2, -0.15) is 8.42 Å². The Morgan fingerprint density at radius 1 is 1.19 bits per heavy atom. The summed E-state index contributed by atoms with van der Waals surface area (Å²) in [5.74, 6) is 0.509. The van der Waals surface area contributed by atoms with Crippen molar-refractivity contribution >= 4 is 38.3 Å². The number of rotatable bonds is 6. The predicted octanol–water partition coefficient (Wildman–Crippen LogP) is 3.89. The quantitative estimate of drug-likeness (QED) is 0.607. The van der Waals surface area contributed by atoms with Crippen molar-refractivity contribution in [1.82, 2.24) is 4.98 Å². The number of aryl methyl sites for hydroxylation is 1. The first kappa shape index (κ1) is 19.6. The third kappa shape index (κ3) is 3.79. The summed E-state index contributed by atoms with van der Waals surface area (Å²) < 4.78 is 31.4. The predicted molar refractivity (Wildman–Crippen MR) is 106 cm³/mol. The molecular formula is C18H17ClN2O4S2. The molecule has 0 spiro atoms. The van der Waals surface area contributed by atoms with E-state index in [1.165, 1.54) is 13.2 Å². The van der Waals surface area contributed by atoms with Crippen LogP contribution in [0.4, 0.5) is 5.13 Å². The Kier molecular flexibility index (Phi) is 5.71. The van der Waals surface area contributed by atoms with Crippen molar-refractivity contribution < 1.29 is 18.3 Å². The molecule has 1 atom stereocenters. The maximum atomic E-state index is 12.8. The minimum absolute atomic E-state index is 0.0452. The molecule has 3 rings (SSSR count). The number of sulfonamides is 1. The highest BCUT2D eigenvalue weighted by Crippen LogP contribution is 2.35. The summed E-state index contributed by atoms with van der Waals surface area (Å²) in [7, 11) is -2.46. The first-order valence-corrected chi connectivity index (χ1v) is 10.5. The second kappa shape index (κ2) is 7.85. The van der Waals surface area contributed by atoms with Gasteiger partial charge >= 0.3 is 0 Å². The summed E-state index contributed by atoms with van der Waals surface area (Å²) in [5.41, 5.74) is 1.39. The van der Waals surface area contributed by atoms with Crippen molar-refractivity contribution in [3.8, 4) is 5.75 Å². The highest BCUT2D eigenvalue weighted by molar-refractivity contribution is 7.94. The maximum Gasteiger partial charge on any atom is 0.280 e. The number of nitrogens with zero attached hydrogens (tertiary/aromatic N) is 2. The van der Waals surface area contributed by atoms with Gasteiger partial charge in [0.1, 0.15) is 11.9 Å². The van der Waals surface area contributed by atoms with Gasteiger partial charge in [-0.25, -0.2) is 4.98 Å². The zero-order chi connectivity index (χ0) is 19.6. The van der Waals surface area contributed by atoms with E-state index in [9.17, 15) is 13.5 Å². The minimum Gasteiger partial charge on any atom is -0.496 e. The third-order valence-electron chi connectivity index (χ3n) is 3.96. The van der Waals surface area contributed by atoms with Crippen LogP contribution in [0.15, 0.2) is 58.8 Å². The number of hydrogen-bond donors (Lipinski definition) is 1. The fourth-order valence-corrected chi connectivity index (χ4v) is 5.17. The van der Waals surface area contributed by atoms with E-state index < -0.39 is 16.1 Å². The molecular weight excluding hydrogens is 408 g/mol. The Morgan fingerprint density at radius 3 is 2.56 bits per heavy atom. The molecule has 0 amide bonds. The highest BCUT2D eigenvalue weighted by atomic mass is 35.5. The minimum atomic E-state index is -3.97. The number of aromatic nitrogens is 1. The van der Waals surface area contributed by atoms with E-state index in [2.05, 4.69) is 4.98 Å². The maximum absolute atomic E-state index is 12.8. The molecule has 0 radical (unpaired) electrons. The lowest BCUT2D eigenvalue weighted by molar-refractivity contribution is 0.211. The first-order chi connectivity index (χ1) is 12.9. The molecule has 9 heteroatoms. The molecule has 0 saturated heterocycles. The molecule has 27 heavy (non-hydrogen) atoms. The first-order valence-electron chi connectivity index (χ1n) is 7.89. The lowest BCUT2D eigenvalue weighted by Crippen LogP contribution is -2.22. The second-order valence-electron chi connectivity index (χ2n) is 5.68. The van der Waals surface area contributed by atoms with Gasteiger partial charge in [0.2, 0.25) is 5.13 Å². The number of benzene rings is 2. The number of ether oxygens (including phenoxy) is 1. The normalized spacial score (nSPS) is 12.6. The standard InChI is InChI=1S/C18H17ClN2O4S2/c1-12-7-3-6-10-16(12)27(23,24)21(19)18-20-14(11-26-18)17(22)13-8-4-5-9-15(13)25-2/h3-11,17,22H,1-2H3. The summed E-state index contributed by atoms with van der Waals surface area (Å²) >= 11 is 7.14. The number of anilines is 1. The van der Waals surface area contributed by atoms with Gasteiger partial charge in [-0.1, -0.05) is 36.4 Å². The van der Waals surface area contributed by atoms with Crippen LogP contribution < -0.4 is 8.56 Å². The van der Waals surface area contributed by atoms with Gasteiger partial charge in [0.25, 0.3) is 10.0 Å². The summed E-state index contributed by atoms with van der Waals surface area (Å²) in [5, 5.41) is 12.2. The van der Waals surface area contributed by atoms with E-state index in [0.29, 0.717) is 20.7 Å². The molecule has 0 aliphatic heterocycles. The van der Waals surface area contributed by atoms with E-state index in [4.69, 9.17) is 16.5 Å². The van der Waals surface area contributed by atoms with Crippen molar-refractivity contribution in [1.29, 1.82) is 0 Å². The second-order valence-corrected chi connectivity index (χ2v) is 8.81. The molecule has 0 fully saturated rings. The number of hydrogen-bond acceptors (Lipinski definition) is 6. The van der Waals surface area contributed by atoms with Crippen molar-refractivity contribution in [2.45, 2.75) is 17.9 Å². The Balaban J connectivity index is 1.92. The van der Waals surface area contributed by atoms with Crippen LogP contribution in [-0.4, -0.2) is 25.6 Å². The average molecular weight is 425 g/mol. The van der Waals surface area contributed by atoms with Crippen molar-refractivity contribution in [3.05, 3.63) is 70.7 Å². The molecule has 2 aromatic carbocycles. The van der Waals surface area contributed by atoms with Gasteiger partial charge < -0.3 is 9.84 Å². The van der Waals surface area contributed by atoms with Crippen LogP contribution in [0.3, 0.4) is 0 Å². The molecule has 1 unspecified atom stereocenters.